The Balaban J connectivity index is 1.39. The van der Waals surface area contributed by atoms with Gasteiger partial charge in [0.1, 0.15) is 5.15 Å². The van der Waals surface area contributed by atoms with Crippen molar-refractivity contribution in [2.24, 2.45) is 0 Å². The molecule has 3 unspecified atom stereocenters. The van der Waals surface area contributed by atoms with E-state index in [1.807, 2.05) is 66.7 Å². The Morgan fingerprint density at radius 2 is 1.78 bits per heavy atom. The molecule has 2 N–H and O–H groups in total. The standard InChI is InChI=1S/C28H25Cl2N3O4/c29-25-26(30)33(17-31-25)15-23-14-24(19-11-9-18(16-34)10-12-19)37-28(36-23)21-7-4-8-22(13-21)32-27(35)20-5-2-1-3-6-20/h1-13,17,23-24,28,34H,14-16H2,(H,32,35). The number of anilines is 1. The number of aliphatic hydroxyl groups excluding tert-OH is 1. The lowest BCUT2D eigenvalue weighted by atomic mass is 10.00. The van der Waals surface area contributed by atoms with Crippen molar-refractivity contribution in [3.8, 4) is 0 Å². The molecule has 0 aliphatic carbocycles. The molecule has 4 aromatic rings. The Hall–Kier alpha value is -3.20. The lowest BCUT2D eigenvalue weighted by Crippen LogP contribution is -2.32. The van der Waals surface area contributed by atoms with Crippen molar-refractivity contribution in [2.45, 2.75) is 38.1 Å². The second-order valence-corrected chi connectivity index (χ2v) is 9.49. The van der Waals surface area contributed by atoms with Crippen LogP contribution in [0.1, 0.15) is 45.9 Å². The third-order valence-electron chi connectivity index (χ3n) is 6.20. The number of amides is 1. The Kier molecular flexibility index (Phi) is 7.88. The number of imidazole rings is 1. The molecule has 2 heterocycles. The van der Waals surface area contributed by atoms with Gasteiger partial charge in [0.2, 0.25) is 0 Å². The summed E-state index contributed by atoms with van der Waals surface area (Å²) in [5, 5.41) is 12.9. The molecular weight excluding hydrogens is 513 g/mol. The van der Waals surface area contributed by atoms with E-state index in [0.717, 1.165) is 16.7 Å². The molecule has 190 valence electrons. The Morgan fingerprint density at radius 1 is 1.00 bits per heavy atom. The van der Waals surface area contributed by atoms with Gasteiger partial charge in [0.25, 0.3) is 5.91 Å². The van der Waals surface area contributed by atoms with Gasteiger partial charge in [0.05, 0.1) is 31.7 Å². The van der Waals surface area contributed by atoms with E-state index in [-0.39, 0.29) is 29.9 Å². The summed E-state index contributed by atoms with van der Waals surface area (Å²) >= 11 is 12.3. The molecule has 9 heteroatoms. The fourth-order valence-corrected chi connectivity index (χ4v) is 4.59. The van der Waals surface area contributed by atoms with Crippen molar-refractivity contribution < 1.29 is 19.4 Å². The van der Waals surface area contributed by atoms with Crippen LogP contribution in [0.3, 0.4) is 0 Å². The van der Waals surface area contributed by atoms with Gasteiger partial charge < -0.3 is 24.5 Å². The van der Waals surface area contributed by atoms with Crippen LogP contribution in [0.4, 0.5) is 5.69 Å². The minimum Gasteiger partial charge on any atom is -0.392 e. The number of carbonyl (C=O) groups is 1. The predicted molar refractivity (Wildman–Crippen MR) is 142 cm³/mol. The first kappa shape index (κ1) is 25.4. The third-order valence-corrected chi connectivity index (χ3v) is 6.97. The van der Waals surface area contributed by atoms with Gasteiger partial charge in [-0.3, -0.25) is 4.79 Å². The normalized spacial score (nSPS) is 19.5. The van der Waals surface area contributed by atoms with Crippen LogP contribution in [0.2, 0.25) is 10.3 Å². The summed E-state index contributed by atoms with van der Waals surface area (Å²) in [4.78, 5) is 16.7. The number of hydrogen-bond acceptors (Lipinski definition) is 5. The minimum absolute atomic E-state index is 0.0262. The third kappa shape index (κ3) is 6.04. The Morgan fingerprint density at radius 3 is 2.49 bits per heavy atom. The van der Waals surface area contributed by atoms with E-state index in [1.54, 1.807) is 23.0 Å². The quantitative estimate of drug-likeness (QED) is 0.294. The number of aliphatic hydroxyl groups is 1. The highest BCUT2D eigenvalue weighted by molar-refractivity contribution is 6.40. The summed E-state index contributed by atoms with van der Waals surface area (Å²) in [6, 6.07) is 24.1. The van der Waals surface area contributed by atoms with Crippen molar-refractivity contribution in [3.63, 3.8) is 0 Å². The molecule has 1 aliphatic rings. The first-order valence-electron chi connectivity index (χ1n) is 11.8. The molecule has 3 atom stereocenters. The molecule has 37 heavy (non-hydrogen) atoms. The molecule has 3 aromatic carbocycles. The number of nitrogens with one attached hydrogen (secondary N) is 1. The van der Waals surface area contributed by atoms with Gasteiger partial charge in [-0.15, -0.1) is 0 Å². The molecule has 1 fully saturated rings. The van der Waals surface area contributed by atoms with E-state index in [4.69, 9.17) is 32.7 Å². The zero-order valence-electron chi connectivity index (χ0n) is 19.8. The zero-order chi connectivity index (χ0) is 25.8. The molecule has 0 saturated carbocycles. The monoisotopic (exact) mass is 537 g/mol. The molecule has 0 bridgehead atoms. The predicted octanol–water partition coefficient (Wildman–Crippen LogP) is 6.18. The van der Waals surface area contributed by atoms with E-state index in [2.05, 4.69) is 10.3 Å². The molecule has 1 aliphatic heterocycles. The highest BCUT2D eigenvalue weighted by atomic mass is 35.5. The lowest BCUT2D eigenvalue weighted by molar-refractivity contribution is -0.252. The lowest BCUT2D eigenvalue weighted by Gasteiger charge is -2.36. The number of ether oxygens (including phenoxy) is 2. The van der Waals surface area contributed by atoms with Crippen LogP contribution in [0.5, 0.6) is 0 Å². The molecule has 1 amide bonds. The smallest absolute Gasteiger partial charge is 0.255 e. The maximum atomic E-state index is 12.7. The molecule has 1 aromatic heterocycles. The molecular formula is C28H25Cl2N3O4. The highest BCUT2D eigenvalue weighted by Gasteiger charge is 2.33. The number of rotatable bonds is 7. The fourth-order valence-electron chi connectivity index (χ4n) is 4.28. The minimum atomic E-state index is -0.687. The van der Waals surface area contributed by atoms with Crippen molar-refractivity contribution in [3.05, 3.63) is 118 Å². The summed E-state index contributed by atoms with van der Waals surface area (Å²) in [5.74, 6) is -0.199. The van der Waals surface area contributed by atoms with Crippen LogP contribution in [-0.2, 0) is 22.6 Å². The van der Waals surface area contributed by atoms with Gasteiger partial charge in [-0.2, -0.15) is 0 Å². The van der Waals surface area contributed by atoms with Gasteiger partial charge in [-0.05, 0) is 35.4 Å². The van der Waals surface area contributed by atoms with Gasteiger partial charge in [-0.25, -0.2) is 4.98 Å². The first-order chi connectivity index (χ1) is 18.0. The van der Waals surface area contributed by atoms with E-state index in [1.165, 1.54) is 0 Å². The van der Waals surface area contributed by atoms with Crippen LogP contribution in [0.15, 0.2) is 85.2 Å². The maximum Gasteiger partial charge on any atom is 0.255 e. The van der Waals surface area contributed by atoms with Crippen LogP contribution in [0.25, 0.3) is 0 Å². The summed E-state index contributed by atoms with van der Waals surface area (Å²) in [6.45, 7) is 0.412. The Labute approximate surface area is 224 Å². The van der Waals surface area contributed by atoms with Gasteiger partial charge in [0.15, 0.2) is 11.4 Å². The topological polar surface area (TPSA) is 85.6 Å². The summed E-state index contributed by atoms with van der Waals surface area (Å²) in [7, 11) is 0. The maximum absolute atomic E-state index is 12.7. The second kappa shape index (κ2) is 11.5. The number of hydrogen-bond donors (Lipinski definition) is 2. The number of nitrogens with zero attached hydrogens (tertiary/aromatic N) is 2. The zero-order valence-corrected chi connectivity index (χ0v) is 21.3. The number of benzene rings is 3. The summed E-state index contributed by atoms with van der Waals surface area (Å²) in [6.07, 6.45) is 0.950. The average Bonchev–Trinajstić information content (AvgIpc) is 3.25. The summed E-state index contributed by atoms with van der Waals surface area (Å²) in [5.41, 5.74) is 3.76. The van der Waals surface area contributed by atoms with Crippen molar-refractivity contribution in [1.82, 2.24) is 9.55 Å². The van der Waals surface area contributed by atoms with E-state index in [0.29, 0.717) is 29.4 Å². The van der Waals surface area contributed by atoms with Crippen LogP contribution in [0, 0.1) is 0 Å². The fraction of sp³-hybridized carbons (Fsp3) is 0.214. The van der Waals surface area contributed by atoms with Gasteiger partial charge in [-0.1, -0.05) is 77.8 Å². The summed E-state index contributed by atoms with van der Waals surface area (Å²) < 4.78 is 14.5. The van der Waals surface area contributed by atoms with Crippen molar-refractivity contribution in [2.75, 3.05) is 5.32 Å². The SMILES string of the molecule is O=C(Nc1cccc(C2OC(Cn3cnc(Cl)c3Cl)CC(c3ccc(CO)cc3)O2)c1)c1ccccc1. The first-order valence-corrected chi connectivity index (χ1v) is 12.6. The molecule has 5 rings (SSSR count). The number of carbonyl (C=O) groups excluding carboxylic acids is 1. The number of aromatic nitrogens is 2. The van der Waals surface area contributed by atoms with Crippen molar-refractivity contribution in [1.29, 1.82) is 0 Å². The van der Waals surface area contributed by atoms with Gasteiger partial charge >= 0.3 is 0 Å². The van der Waals surface area contributed by atoms with E-state index in [9.17, 15) is 9.90 Å². The van der Waals surface area contributed by atoms with Crippen molar-refractivity contribution >= 4 is 34.8 Å². The molecule has 0 spiro atoms. The largest absolute Gasteiger partial charge is 0.392 e. The highest BCUT2D eigenvalue weighted by Crippen LogP contribution is 2.39. The number of halogens is 2. The Bertz CT molecular complexity index is 1360. The van der Waals surface area contributed by atoms with Gasteiger partial charge in [0, 0.05) is 23.2 Å². The molecule has 0 radical (unpaired) electrons. The van der Waals surface area contributed by atoms with Crippen LogP contribution >= 0.6 is 23.2 Å². The molecule has 1 saturated heterocycles. The second-order valence-electron chi connectivity index (χ2n) is 8.77. The average molecular weight is 538 g/mol. The molecule has 7 nitrogen and oxygen atoms in total. The van der Waals surface area contributed by atoms with Crippen LogP contribution < -0.4 is 5.32 Å². The van der Waals surface area contributed by atoms with E-state index < -0.39 is 6.29 Å². The van der Waals surface area contributed by atoms with Crippen LogP contribution in [-0.4, -0.2) is 26.7 Å². The van der Waals surface area contributed by atoms with E-state index >= 15 is 0 Å².